The number of anilines is 1. The van der Waals surface area contributed by atoms with E-state index in [9.17, 15) is 4.79 Å². The SMILES string of the molecule is CCn1cc(C(=O)Nc2ccc(C(C)C)cc2)cn1. The largest absolute Gasteiger partial charge is 0.322 e. The molecule has 4 nitrogen and oxygen atoms in total. The molecular formula is C15H19N3O. The highest BCUT2D eigenvalue weighted by Crippen LogP contribution is 2.17. The molecule has 19 heavy (non-hydrogen) atoms. The zero-order valence-corrected chi connectivity index (χ0v) is 11.6. The number of aryl methyl sites for hydroxylation is 1. The fourth-order valence-electron chi connectivity index (χ4n) is 1.81. The first-order valence-corrected chi connectivity index (χ1v) is 6.54. The van der Waals surface area contributed by atoms with Gasteiger partial charge in [-0.1, -0.05) is 26.0 Å². The average molecular weight is 257 g/mol. The summed E-state index contributed by atoms with van der Waals surface area (Å²) in [5.41, 5.74) is 2.64. The molecule has 2 rings (SSSR count). The number of carbonyl (C=O) groups is 1. The highest BCUT2D eigenvalue weighted by molar-refractivity contribution is 6.03. The first-order chi connectivity index (χ1) is 9.10. The van der Waals surface area contributed by atoms with Gasteiger partial charge in [0.15, 0.2) is 0 Å². The maximum Gasteiger partial charge on any atom is 0.258 e. The summed E-state index contributed by atoms with van der Waals surface area (Å²) >= 11 is 0. The normalized spacial score (nSPS) is 10.7. The predicted molar refractivity (Wildman–Crippen MR) is 76.4 cm³/mol. The molecule has 0 aliphatic rings. The van der Waals surface area contributed by atoms with E-state index in [1.54, 1.807) is 17.1 Å². The van der Waals surface area contributed by atoms with Crippen LogP contribution in [0.1, 0.15) is 42.6 Å². The molecule has 0 bridgehead atoms. The molecule has 0 spiro atoms. The fraction of sp³-hybridized carbons (Fsp3) is 0.333. The fourth-order valence-corrected chi connectivity index (χ4v) is 1.81. The van der Waals surface area contributed by atoms with Crippen LogP contribution in [0.2, 0.25) is 0 Å². The zero-order valence-electron chi connectivity index (χ0n) is 11.6. The van der Waals surface area contributed by atoms with Crippen molar-refractivity contribution in [2.45, 2.75) is 33.2 Å². The number of carbonyl (C=O) groups excluding carboxylic acids is 1. The van der Waals surface area contributed by atoms with Gasteiger partial charge < -0.3 is 5.32 Å². The Morgan fingerprint density at radius 3 is 2.53 bits per heavy atom. The third-order valence-corrected chi connectivity index (χ3v) is 3.05. The van der Waals surface area contributed by atoms with Crippen LogP contribution in [-0.2, 0) is 6.54 Å². The van der Waals surface area contributed by atoms with Gasteiger partial charge >= 0.3 is 0 Å². The molecule has 1 aromatic heterocycles. The van der Waals surface area contributed by atoms with Crippen LogP contribution in [0.3, 0.4) is 0 Å². The van der Waals surface area contributed by atoms with Crippen LogP contribution in [0.15, 0.2) is 36.7 Å². The van der Waals surface area contributed by atoms with Crippen molar-refractivity contribution in [2.75, 3.05) is 5.32 Å². The van der Waals surface area contributed by atoms with E-state index in [0.717, 1.165) is 12.2 Å². The number of nitrogens with one attached hydrogen (secondary N) is 1. The van der Waals surface area contributed by atoms with Crippen LogP contribution >= 0.6 is 0 Å². The van der Waals surface area contributed by atoms with Crippen molar-refractivity contribution >= 4 is 11.6 Å². The summed E-state index contributed by atoms with van der Waals surface area (Å²) in [5, 5.41) is 6.96. The first-order valence-electron chi connectivity index (χ1n) is 6.54. The smallest absolute Gasteiger partial charge is 0.258 e. The van der Waals surface area contributed by atoms with Gasteiger partial charge in [-0.15, -0.1) is 0 Å². The van der Waals surface area contributed by atoms with Gasteiger partial charge in [0.2, 0.25) is 0 Å². The van der Waals surface area contributed by atoms with Crippen molar-refractivity contribution in [1.29, 1.82) is 0 Å². The number of benzene rings is 1. The molecule has 1 heterocycles. The van der Waals surface area contributed by atoms with E-state index in [2.05, 4.69) is 24.3 Å². The van der Waals surface area contributed by atoms with Crippen LogP contribution in [0.25, 0.3) is 0 Å². The molecule has 0 unspecified atom stereocenters. The Bertz CT molecular complexity index is 555. The maximum absolute atomic E-state index is 12.0. The van der Waals surface area contributed by atoms with Crippen molar-refractivity contribution < 1.29 is 4.79 Å². The van der Waals surface area contributed by atoms with E-state index in [1.165, 1.54) is 5.56 Å². The molecule has 2 aromatic rings. The number of hydrogen-bond acceptors (Lipinski definition) is 2. The summed E-state index contributed by atoms with van der Waals surface area (Å²) in [6, 6.07) is 7.93. The Labute approximate surface area is 113 Å². The van der Waals surface area contributed by atoms with Crippen LogP contribution < -0.4 is 5.32 Å². The van der Waals surface area contributed by atoms with Gasteiger partial charge in [-0.2, -0.15) is 5.10 Å². The molecule has 0 saturated heterocycles. The number of nitrogens with zero attached hydrogens (tertiary/aromatic N) is 2. The molecule has 0 saturated carbocycles. The Morgan fingerprint density at radius 1 is 1.32 bits per heavy atom. The minimum atomic E-state index is -0.128. The minimum Gasteiger partial charge on any atom is -0.322 e. The molecule has 0 atom stereocenters. The monoisotopic (exact) mass is 257 g/mol. The van der Waals surface area contributed by atoms with Crippen LogP contribution in [0.5, 0.6) is 0 Å². The van der Waals surface area contributed by atoms with Gasteiger partial charge in [0, 0.05) is 18.4 Å². The van der Waals surface area contributed by atoms with Crippen LogP contribution in [0, 0.1) is 0 Å². The second-order valence-corrected chi connectivity index (χ2v) is 4.82. The molecular weight excluding hydrogens is 238 g/mol. The van der Waals surface area contributed by atoms with E-state index in [4.69, 9.17) is 0 Å². The third kappa shape index (κ3) is 3.22. The number of hydrogen-bond donors (Lipinski definition) is 1. The lowest BCUT2D eigenvalue weighted by Gasteiger charge is -2.07. The van der Waals surface area contributed by atoms with E-state index < -0.39 is 0 Å². The summed E-state index contributed by atoms with van der Waals surface area (Å²) in [7, 11) is 0. The standard InChI is InChI=1S/C15H19N3O/c1-4-18-10-13(9-16-18)15(19)17-14-7-5-12(6-8-14)11(2)3/h5-11H,4H2,1-3H3,(H,17,19). The molecule has 100 valence electrons. The maximum atomic E-state index is 12.0. The third-order valence-electron chi connectivity index (χ3n) is 3.05. The molecule has 1 amide bonds. The van der Waals surface area contributed by atoms with Crippen molar-refractivity contribution in [1.82, 2.24) is 9.78 Å². The minimum absolute atomic E-state index is 0.128. The molecule has 1 N–H and O–H groups in total. The Kier molecular flexibility index (Phi) is 4.00. The highest BCUT2D eigenvalue weighted by Gasteiger charge is 2.08. The van der Waals surface area contributed by atoms with Crippen molar-refractivity contribution in [3.63, 3.8) is 0 Å². The Balaban J connectivity index is 2.06. The van der Waals surface area contributed by atoms with Gasteiger partial charge in [-0.25, -0.2) is 0 Å². The number of rotatable bonds is 4. The molecule has 4 heteroatoms. The molecule has 0 aliphatic carbocycles. The molecule has 0 radical (unpaired) electrons. The summed E-state index contributed by atoms with van der Waals surface area (Å²) in [4.78, 5) is 12.0. The predicted octanol–water partition coefficient (Wildman–Crippen LogP) is 3.28. The topological polar surface area (TPSA) is 46.9 Å². The summed E-state index contributed by atoms with van der Waals surface area (Å²) < 4.78 is 1.73. The van der Waals surface area contributed by atoms with Gasteiger partial charge in [-0.3, -0.25) is 9.48 Å². The van der Waals surface area contributed by atoms with Gasteiger partial charge in [0.05, 0.1) is 11.8 Å². The number of aromatic nitrogens is 2. The van der Waals surface area contributed by atoms with E-state index in [0.29, 0.717) is 11.5 Å². The second-order valence-electron chi connectivity index (χ2n) is 4.82. The van der Waals surface area contributed by atoms with E-state index >= 15 is 0 Å². The lowest BCUT2D eigenvalue weighted by Crippen LogP contribution is -2.11. The summed E-state index contributed by atoms with van der Waals surface area (Å²) in [6.45, 7) is 7.04. The van der Waals surface area contributed by atoms with Gasteiger partial charge in [-0.05, 0) is 30.5 Å². The summed E-state index contributed by atoms with van der Waals surface area (Å²) in [5.74, 6) is 0.365. The van der Waals surface area contributed by atoms with Crippen molar-refractivity contribution in [3.05, 3.63) is 47.8 Å². The lowest BCUT2D eigenvalue weighted by molar-refractivity contribution is 0.102. The zero-order chi connectivity index (χ0) is 13.8. The summed E-state index contributed by atoms with van der Waals surface area (Å²) in [6.07, 6.45) is 3.33. The van der Waals surface area contributed by atoms with Gasteiger partial charge in [0.1, 0.15) is 0 Å². The average Bonchev–Trinajstić information content (AvgIpc) is 2.88. The number of amides is 1. The van der Waals surface area contributed by atoms with Crippen LogP contribution in [0.4, 0.5) is 5.69 Å². The second kappa shape index (κ2) is 5.69. The van der Waals surface area contributed by atoms with Crippen molar-refractivity contribution in [2.24, 2.45) is 0 Å². The van der Waals surface area contributed by atoms with E-state index in [-0.39, 0.29) is 5.91 Å². The van der Waals surface area contributed by atoms with E-state index in [1.807, 2.05) is 31.2 Å². The van der Waals surface area contributed by atoms with Gasteiger partial charge in [0.25, 0.3) is 5.91 Å². The molecule has 1 aromatic carbocycles. The van der Waals surface area contributed by atoms with Crippen molar-refractivity contribution in [3.8, 4) is 0 Å². The van der Waals surface area contributed by atoms with Crippen LogP contribution in [-0.4, -0.2) is 15.7 Å². The Morgan fingerprint density at radius 2 is 2.00 bits per heavy atom. The molecule has 0 aliphatic heterocycles. The highest BCUT2D eigenvalue weighted by atomic mass is 16.1. The molecule has 0 fully saturated rings. The lowest BCUT2D eigenvalue weighted by atomic mass is 10.0. The Hall–Kier alpha value is -2.10. The quantitative estimate of drug-likeness (QED) is 0.913. The first kappa shape index (κ1) is 13.3.